The molecule has 1 aromatic rings. The zero-order valence-corrected chi connectivity index (χ0v) is 9.50. The largest absolute Gasteiger partial charge is 0.395 e. The zero-order chi connectivity index (χ0) is 11.5. The zero-order valence-electron chi connectivity index (χ0n) is 9.50. The van der Waals surface area contributed by atoms with Crippen LogP contribution in [-0.4, -0.2) is 34.4 Å². The van der Waals surface area contributed by atoms with Crippen LogP contribution in [0.15, 0.2) is 18.3 Å². The normalized spacial score (nSPS) is 17.2. The van der Waals surface area contributed by atoms with Crippen molar-refractivity contribution in [3.05, 3.63) is 23.9 Å². The minimum Gasteiger partial charge on any atom is -0.395 e. The molecule has 0 unspecified atom stereocenters. The van der Waals surface area contributed by atoms with E-state index in [4.69, 9.17) is 5.11 Å². The van der Waals surface area contributed by atoms with Crippen LogP contribution < -0.4 is 4.90 Å². The third-order valence-corrected chi connectivity index (χ3v) is 2.88. The molecule has 88 valence electrons. The van der Waals surface area contributed by atoms with E-state index in [9.17, 15) is 5.11 Å². The second kappa shape index (κ2) is 4.80. The summed E-state index contributed by atoms with van der Waals surface area (Å²) in [5.74, 6) is 0.890. The minimum atomic E-state index is -0.478. The highest BCUT2D eigenvalue weighted by Gasteiger charge is 2.29. The smallest absolute Gasteiger partial charge is 0.128 e. The quantitative estimate of drug-likeness (QED) is 0.783. The van der Waals surface area contributed by atoms with Gasteiger partial charge in [0.25, 0.3) is 0 Å². The number of rotatable bonds is 5. The molecule has 1 aromatic heterocycles. The molecule has 0 amide bonds. The Morgan fingerprint density at radius 1 is 1.50 bits per heavy atom. The van der Waals surface area contributed by atoms with Crippen LogP contribution in [0, 0.1) is 0 Å². The molecule has 4 nitrogen and oxygen atoms in total. The molecule has 0 aromatic carbocycles. The third-order valence-electron chi connectivity index (χ3n) is 2.88. The molecule has 2 N–H and O–H groups in total. The maximum absolute atomic E-state index is 9.38. The summed E-state index contributed by atoms with van der Waals surface area (Å²) in [6, 6.07) is 4.34. The fraction of sp³-hybridized carbons (Fsp3) is 0.583. The summed E-state index contributed by atoms with van der Waals surface area (Å²) in [4.78, 5) is 6.47. The monoisotopic (exact) mass is 222 g/mol. The van der Waals surface area contributed by atoms with E-state index >= 15 is 0 Å². The van der Waals surface area contributed by atoms with E-state index in [0.29, 0.717) is 12.6 Å². The van der Waals surface area contributed by atoms with Crippen LogP contribution in [0.1, 0.15) is 31.4 Å². The second-order valence-corrected chi connectivity index (χ2v) is 4.27. The molecule has 0 spiro atoms. The van der Waals surface area contributed by atoms with Gasteiger partial charge in [0.1, 0.15) is 5.82 Å². The van der Waals surface area contributed by atoms with Crippen molar-refractivity contribution >= 4 is 5.82 Å². The van der Waals surface area contributed by atoms with Gasteiger partial charge in [0.15, 0.2) is 0 Å². The van der Waals surface area contributed by atoms with Crippen molar-refractivity contribution in [2.75, 3.05) is 18.1 Å². The van der Waals surface area contributed by atoms with Crippen molar-refractivity contribution in [1.82, 2.24) is 4.98 Å². The molecule has 1 aliphatic carbocycles. The van der Waals surface area contributed by atoms with Crippen molar-refractivity contribution in [2.45, 2.75) is 31.9 Å². The Labute approximate surface area is 95.5 Å². The number of pyridine rings is 1. The standard InChI is InChI=1S/C12H18N2O2/c1-9(16)10-2-5-12(13-8-10)14(6-7-15)11-3-4-11/h2,5,8-9,11,15-16H,3-4,6-7H2,1H3/t9-/m0/s1. The number of aliphatic hydroxyl groups is 2. The number of aromatic nitrogens is 1. The van der Waals surface area contributed by atoms with Crippen molar-refractivity contribution < 1.29 is 10.2 Å². The van der Waals surface area contributed by atoms with Crippen LogP contribution in [0.2, 0.25) is 0 Å². The number of anilines is 1. The molecule has 0 bridgehead atoms. The molecule has 16 heavy (non-hydrogen) atoms. The van der Waals surface area contributed by atoms with E-state index in [1.807, 2.05) is 12.1 Å². The van der Waals surface area contributed by atoms with Crippen molar-refractivity contribution in [1.29, 1.82) is 0 Å². The molecule has 2 rings (SSSR count). The van der Waals surface area contributed by atoms with Gasteiger partial charge in [-0.2, -0.15) is 0 Å². The molecule has 1 saturated carbocycles. The van der Waals surface area contributed by atoms with Crippen LogP contribution in [0.3, 0.4) is 0 Å². The molecule has 1 aliphatic rings. The Kier molecular flexibility index (Phi) is 3.41. The van der Waals surface area contributed by atoms with Crippen LogP contribution >= 0.6 is 0 Å². The first-order valence-electron chi connectivity index (χ1n) is 5.74. The summed E-state index contributed by atoms with van der Waals surface area (Å²) in [7, 11) is 0. The van der Waals surface area contributed by atoms with Gasteiger partial charge in [-0.3, -0.25) is 0 Å². The summed E-state index contributed by atoms with van der Waals surface area (Å²) in [6.45, 7) is 2.51. The van der Waals surface area contributed by atoms with Gasteiger partial charge in [0, 0.05) is 18.8 Å². The fourth-order valence-corrected chi connectivity index (χ4v) is 1.79. The number of nitrogens with zero attached hydrogens (tertiary/aromatic N) is 2. The number of aliphatic hydroxyl groups excluding tert-OH is 2. The molecule has 0 aliphatic heterocycles. The van der Waals surface area contributed by atoms with E-state index < -0.39 is 6.10 Å². The Morgan fingerprint density at radius 3 is 2.69 bits per heavy atom. The predicted octanol–water partition coefficient (Wildman–Crippen LogP) is 1.10. The van der Waals surface area contributed by atoms with Gasteiger partial charge in [-0.15, -0.1) is 0 Å². The topological polar surface area (TPSA) is 56.6 Å². The highest BCUT2D eigenvalue weighted by atomic mass is 16.3. The first-order chi connectivity index (χ1) is 7.72. The molecular weight excluding hydrogens is 204 g/mol. The van der Waals surface area contributed by atoms with Crippen LogP contribution in [0.4, 0.5) is 5.82 Å². The Morgan fingerprint density at radius 2 is 2.25 bits per heavy atom. The first kappa shape index (κ1) is 11.4. The van der Waals surface area contributed by atoms with Crippen LogP contribution in [-0.2, 0) is 0 Å². The summed E-state index contributed by atoms with van der Waals surface area (Å²) in [5.41, 5.74) is 0.823. The first-order valence-corrected chi connectivity index (χ1v) is 5.74. The Hall–Kier alpha value is -1.13. The molecule has 0 saturated heterocycles. The van der Waals surface area contributed by atoms with E-state index in [0.717, 1.165) is 11.4 Å². The van der Waals surface area contributed by atoms with Gasteiger partial charge in [0.05, 0.1) is 12.7 Å². The van der Waals surface area contributed by atoms with E-state index in [-0.39, 0.29) is 6.61 Å². The maximum Gasteiger partial charge on any atom is 0.128 e. The lowest BCUT2D eigenvalue weighted by Gasteiger charge is -2.22. The highest BCUT2D eigenvalue weighted by Crippen LogP contribution is 2.30. The van der Waals surface area contributed by atoms with Crippen molar-refractivity contribution in [2.24, 2.45) is 0 Å². The summed E-state index contributed by atoms with van der Waals surface area (Å²) >= 11 is 0. The van der Waals surface area contributed by atoms with Gasteiger partial charge in [-0.1, -0.05) is 6.07 Å². The van der Waals surface area contributed by atoms with Gasteiger partial charge in [-0.05, 0) is 31.4 Å². The van der Waals surface area contributed by atoms with Gasteiger partial charge < -0.3 is 15.1 Å². The molecule has 1 atom stereocenters. The lowest BCUT2D eigenvalue weighted by atomic mass is 10.2. The Bertz CT molecular complexity index is 333. The van der Waals surface area contributed by atoms with Gasteiger partial charge in [-0.25, -0.2) is 4.98 Å². The average Bonchev–Trinajstić information content (AvgIpc) is 3.10. The van der Waals surface area contributed by atoms with E-state index in [2.05, 4.69) is 9.88 Å². The lowest BCUT2D eigenvalue weighted by Crippen LogP contribution is -2.29. The molecule has 0 radical (unpaired) electrons. The van der Waals surface area contributed by atoms with Gasteiger partial charge in [0.2, 0.25) is 0 Å². The summed E-state index contributed by atoms with van der Waals surface area (Å²) in [5, 5.41) is 18.4. The SMILES string of the molecule is C[C@H](O)c1ccc(N(CCO)C2CC2)nc1. The van der Waals surface area contributed by atoms with Crippen molar-refractivity contribution in [3.8, 4) is 0 Å². The van der Waals surface area contributed by atoms with E-state index in [1.165, 1.54) is 12.8 Å². The van der Waals surface area contributed by atoms with Gasteiger partial charge >= 0.3 is 0 Å². The van der Waals surface area contributed by atoms with E-state index in [1.54, 1.807) is 13.1 Å². The van der Waals surface area contributed by atoms with Crippen LogP contribution in [0.5, 0.6) is 0 Å². The molecule has 1 heterocycles. The third kappa shape index (κ3) is 2.51. The summed E-state index contributed by atoms with van der Waals surface area (Å²) in [6.07, 6.45) is 3.58. The summed E-state index contributed by atoms with van der Waals surface area (Å²) < 4.78 is 0. The number of hydrogen-bond acceptors (Lipinski definition) is 4. The average molecular weight is 222 g/mol. The highest BCUT2D eigenvalue weighted by molar-refractivity contribution is 5.42. The molecule has 4 heteroatoms. The van der Waals surface area contributed by atoms with Crippen molar-refractivity contribution in [3.63, 3.8) is 0 Å². The Balaban J connectivity index is 2.11. The molecule has 1 fully saturated rings. The minimum absolute atomic E-state index is 0.149. The predicted molar refractivity (Wildman–Crippen MR) is 62.3 cm³/mol. The number of hydrogen-bond donors (Lipinski definition) is 2. The maximum atomic E-state index is 9.38. The van der Waals surface area contributed by atoms with Crippen LogP contribution in [0.25, 0.3) is 0 Å². The fourth-order valence-electron chi connectivity index (χ4n) is 1.79. The second-order valence-electron chi connectivity index (χ2n) is 4.27. The molecular formula is C12H18N2O2. The lowest BCUT2D eigenvalue weighted by molar-refractivity contribution is 0.199.